The second kappa shape index (κ2) is 11.5. The maximum absolute atomic E-state index is 12.0. The van der Waals surface area contributed by atoms with E-state index in [0.29, 0.717) is 12.5 Å². The second-order valence-corrected chi connectivity index (χ2v) is 7.89. The number of methoxy groups -OCH3 is 2. The Kier molecular flexibility index (Phi) is 9.02. The van der Waals surface area contributed by atoms with Crippen LogP contribution in [0.4, 0.5) is 0 Å². The summed E-state index contributed by atoms with van der Waals surface area (Å²) in [6, 6.07) is 6.21. The molecule has 0 bridgehead atoms. The summed E-state index contributed by atoms with van der Waals surface area (Å²) < 4.78 is 11.0. The molecule has 0 aliphatic heterocycles. The molecule has 2 rings (SSSR count). The summed E-state index contributed by atoms with van der Waals surface area (Å²) in [7, 11) is 6.78. The lowest BCUT2D eigenvalue weighted by Crippen LogP contribution is -2.47. The Morgan fingerprint density at radius 3 is 2.47 bits per heavy atom. The topological polar surface area (TPSA) is 75.2 Å². The van der Waals surface area contributed by atoms with E-state index in [1.807, 2.05) is 6.07 Å². The van der Waals surface area contributed by atoms with Gasteiger partial charge in [-0.2, -0.15) is 0 Å². The van der Waals surface area contributed by atoms with Crippen molar-refractivity contribution < 1.29 is 14.3 Å². The van der Waals surface area contributed by atoms with Crippen molar-refractivity contribution in [1.29, 1.82) is 0 Å². The zero-order valence-electron chi connectivity index (χ0n) is 18.8. The maximum Gasteiger partial charge on any atom is 0.243 e. The number of benzene rings is 1. The number of ether oxygens (including phenoxy) is 2. The van der Waals surface area contributed by atoms with Crippen LogP contribution in [0.15, 0.2) is 35.8 Å². The molecular formula is C23H36N4O3. The van der Waals surface area contributed by atoms with Gasteiger partial charge in [-0.15, -0.1) is 6.58 Å². The number of likely N-dealkylation sites (N-methyl/N-ethyl adjacent to an activating group) is 1. The first kappa shape index (κ1) is 23.6. The van der Waals surface area contributed by atoms with E-state index in [1.54, 1.807) is 39.3 Å². The molecular weight excluding hydrogens is 380 g/mol. The Hall–Kier alpha value is -2.70. The fourth-order valence-corrected chi connectivity index (χ4v) is 3.85. The van der Waals surface area contributed by atoms with Crippen LogP contribution in [0.1, 0.15) is 37.7 Å². The molecule has 0 saturated heterocycles. The molecule has 7 heteroatoms. The summed E-state index contributed by atoms with van der Waals surface area (Å²) in [5.41, 5.74) is 1.21. The minimum absolute atomic E-state index is 0.0278. The van der Waals surface area contributed by atoms with Gasteiger partial charge in [0, 0.05) is 32.6 Å². The average Bonchev–Trinajstić information content (AvgIpc) is 2.78. The molecule has 0 unspecified atom stereocenters. The fourth-order valence-electron chi connectivity index (χ4n) is 3.85. The van der Waals surface area contributed by atoms with Gasteiger partial charge in [0.05, 0.1) is 14.2 Å². The number of nitrogens with zero attached hydrogens (tertiary/aromatic N) is 2. The predicted molar refractivity (Wildman–Crippen MR) is 122 cm³/mol. The van der Waals surface area contributed by atoms with E-state index in [-0.39, 0.29) is 17.9 Å². The van der Waals surface area contributed by atoms with Crippen LogP contribution in [0, 0.1) is 0 Å². The van der Waals surface area contributed by atoms with Gasteiger partial charge < -0.3 is 25.0 Å². The molecule has 166 valence electrons. The van der Waals surface area contributed by atoms with Crippen molar-refractivity contribution in [3.8, 4) is 11.5 Å². The number of hydrogen-bond donors (Lipinski definition) is 2. The molecule has 7 nitrogen and oxygen atoms in total. The molecule has 1 aliphatic carbocycles. The Labute approximate surface area is 180 Å². The van der Waals surface area contributed by atoms with Crippen LogP contribution in [0.3, 0.4) is 0 Å². The number of guanidine groups is 1. The van der Waals surface area contributed by atoms with Crippen LogP contribution in [-0.2, 0) is 10.2 Å². The molecule has 0 atom stereocenters. The highest BCUT2D eigenvalue weighted by atomic mass is 16.5. The smallest absolute Gasteiger partial charge is 0.243 e. The first-order valence-electron chi connectivity index (χ1n) is 10.5. The second-order valence-electron chi connectivity index (χ2n) is 7.89. The van der Waals surface area contributed by atoms with E-state index < -0.39 is 0 Å². The highest BCUT2D eigenvalue weighted by molar-refractivity contribution is 5.84. The lowest BCUT2D eigenvalue weighted by molar-refractivity contribution is -0.127. The third kappa shape index (κ3) is 6.15. The largest absolute Gasteiger partial charge is 0.493 e. The third-order valence-corrected chi connectivity index (χ3v) is 5.69. The molecule has 0 aromatic heterocycles. The molecule has 0 radical (unpaired) electrons. The zero-order valence-corrected chi connectivity index (χ0v) is 18.8. The number of carbonyl (C=O) groups excluding carboxylic acids is 1. The number of rotatable bonds is 9. The minimum Gasteiger partial charge on any atom is -0.493 e. The van der Waals surface area contributed by atoms with E-state index in [9.17, 15) is 4.79 Å². The summed E-state index contributed by atoms with van der Waals surface area (Å²) in [6.07, 6.45) is 7.56. The number of amides is 1. The van der Waals surface area contributed by atoms with Crippen molar-refractivity contribution in [3.05, 3.63) is 36.4 Å². The lowest BCUT2D eigenvalue weighted by Gasteiger charge is -2.38. The van der Waals surface area contributed by atoms with Gasteiger partial charge in [-0.1, -0.05) is 31.4 Å². The lowest BCUT2D eigenvalue weighted by atomic mass is 9.69. The van der Waals surface area contributed by atoms with Crippen molar-refractivity contribution in [1.82, 2.24) is 15.5 Å². The van der Waals surface area contributed by atoms with E-state index >= 15 is 0 Å². The number of hydrogen-bond acceptors (Lipinski definition) is 4. The van der Waals surface area contributed by atoms with Gasteiger partial charge >= 0.3 is 0 Å². The molecule has 1 aromatic rings. The van der Waals surface area contributed by atoms with E-state index in [1.165, 1.54) is 24.8 Å². The molecule has 1 fully saturated rings. The number of carbonyl (C=O) groups is 1. The molecule has 1 aliphatic rings. The van der Waals surface area contributed by atoms with E-state index in [2.05, 4.69) is 34.3 Å². The number of nitrogens with one attached hydrogen (secondary N) is 2. The standard InChI is InChI=1S/C23H36N4O3/c1-6-14-24-22(25-16-21(28)27(2)3)26-17-23(12-8-7-9-13-23)18-10-11-19(29-4)20(15-18)30-5/h6,10-11,15H,1,7-9,12-14,16-17H2,2-5H3,(H2,24,25,26). The first-order valence-corrected chi connectivity index (χ1v) is 10.5. The van der Waals surface area contributed by atoms with Crippen LogP contribution >= 0.6 is 0 Å². The summed E-state index contributed by atoms with van der Waals surface area (Å²) in [5.74, 6) is 2.06. The monoisotopic (exact) mass is 416 g/mol. The van der Waals surface area contributed by atoms with Gasteiger partial charge in [0.15, 0.2) is 17.5 Å². The van der Waals surface area contributed by atoms with Crippen LogP contribution in [0.2, 0.25) is 0 Å². The van der Waals surface area contributed by atoms with Crippen LogP contribution in [0.5, 0.6) is 11.5 Å². The first-order chi connectivity index (χ1) is 14.5. The Morgan fingerprint density at radius 2 is 1.87 bits per heavy atom. The minimum atomic E-state index is -0.0398. The summed E-state index contributed by atoms with van der Waals surface area (Å²) >= 11 is 0. The normalized spacial score (nSPS) is 15.8. The van der Waals surface area contributed by atoms with Gasteiger partial charge in [-0.05, 0) is 30.5 Å². The van der Waals surface area contributed by atoms with Crippen LogP contribution in [-0.4, -0.2) is 64.7 Å². The van der Waals surface area contributed by atoms with Crippen molar-refractivity contribution in [2.24, 2.45) is 4.99 Å². The van der Waals surface area contributed by atoms with Gasteiger partial charge in [-0.3, -0.25) is 4.79 Å². The highest BCUT2D eigenvalue weighted by Crippen LogP contribution is 2.42. The van der Waals surface area contributed by atoms with Crippen molar-refractivity contribution in [2.45, 2.75) is 37.5 Å². The Bertz CT molecular complexity index is 740. The van der Waals surface area contributed by atoms with Crippen molar-refractivity contribution in [3.63, 3.8) is 0 Å². The summed E-state index contributed by atoms with van der Waals surface area (Å²) in [4.78, 5) is 18.0. The van der Waals surface area contributed by atoms with Crippen molar-refractivity contribution >= 4 is 11.9 Å². The average molecular weight is 417 g/mol. The summed E-state index contributed by atoms with van der Waals surface area (Å²) in [5, 5.41) is 6.69. The Balaban J connectivity index is 2.24. The van der Waals surface area contributed by atoms with Gasteiger partial charge in [0.1, 0.15) is 6.54 Å². The van der Waals surface area contributed by atoms with Gasteiger partial charge in [0.25, 0.3) is 0 Å². The van der Waals surface area contributed by atoms with Gasteiger partial charge in [0.2, 0.25) is 5.91 Å². The molecule has 0 heterocycles. The predicted octanol–water partition coefficient (Wildman–Crippen LogP) is 2.72. The summed E-state index contributed by atoms with van der Waals surface area (Å²) in [6.45, 7) is 5.16. The van der Waals surface area contributed by atoms with Crippen molar-refractivity contribution in [2.75, 3.05) is 47.9 Å². The SMILES string of the molecule is C=CCNC(=NCC(=O)N(C)C)NCC1(c2ccc(OC)c(OC)c2)CCCCC1. The molecule has 1 aromatic carbocycles. The third-order valence-electron chi connectivity index (χ3n) is 5.69. The quantitative estimate of drug-likeness (QED) is 0.368. The highest BCUT2D eigenvalue weighted by Gasteiger charge is 2.34. The Morgan fingerprint density at radius 1 is 1.17 bits per heavy atom. The molecule has 0 spiro atoms. The fraction of sp³-hybridized carbons (Fsp3) is 0.565. The maximum atomic E-state index is 12.0. The van der Waals surface area contributed by atoms with Crippen LogP contribution < -0.4 is 20.1 Å². The van der Waals surface area contributed by atoms with E-state index in [4.69, 9.17) is 9.47 Å². The van der Waals surface area contributed by atoms with Gasteiger partial charge in [-0.25, -0.2) is 4.99 Å². The molecule has 30 heavy (non-hydrogen) atoms. The number of aliphatic imine (C=N–C) groups is 1. The van der Waals surface area contributed by atoms with E-state index in [0.717, 1.165) is 30.9 Å². The van der Waals surface area contributed by atoms with Crippen LogP contribution in [0.25, 0.3) is 0 Å². The molecule has 1 amide bonds. The molecule has 1 saturated carbocycles. The molecule has 2 N–H and O–H groups in total. The zero-order chi connectivity index (χ0) is 22.0.